The highest BCUT2D eigenvalue weighted by molar-refractivity contribution is 5.98. The fourth-order valence-electron chi connectivity index (χ4n) is 4.86. The second kappa shape index (κ2) is 6.69. The molecule has 2 aromatic heterocycles. The maximum atomic E-state index is 14.0. The van der Waals surface area contributed by atoms with Gasteiger partial charge in [0.05, 0.1) is 28.8 Å². The lowest BCUT2D eigenvalue weighted by molar-refractivity contribution is -0.145. The zero-order valence-electron chi connectivity index (χ0n) is 17.2. The molecular weight excluding hydrogens is 381 g/mol. The average molecular weight is 405 g/mol. The molecule has 6 heteroatoms. The zero-order chi connectivity index (χ0) is 21.2. The van der Waals surface area contributed by atoms with Crippen LogP contribution in [-0.4, -0.2) is 25.6 Å². The number of nitrogens with one attached hydrogen (secondary N) is 1. The van der Waals surface area contributed by atoms with E-state index in [0.717, 1.165) is 33.3 Å². The van der Waals surface area contributed by atoms with Gasteiger partial charge >= 0.3 is 5.97 Å². The van der Waals surface area contributed by atoms with Gasteiger partial charge in [0.15, 0.2) is 0 Å². The van der Waals surface area contributed by atoms with Gasteiger partial charge in [-0.3, -0.25) is 4.79 Å². The van der Waals surface area contributed by atoms with E-state index >= 15 is 0 Å². The number of carboxylic acid groups (broad SMARTS) is 1. The minimum absolute atomic E-state index is 0.203. The first-order valence-electron chi connectivity index (χ1n) is 10.4. The molecule has 5 rings (SSSR count). The Morgan fingerprint density at radius 2 is 2.03 bits per heavy atom. The van der Waals surface area contributed by atoms with Crippen LogP contribution in [0.3, 0.4) is 0 Å². The lowest BCUT2D eigenvalue weighted by Crippen LogP contribution is -2.29. The van der Waals surface area contributed by atoms with E-state index in [1.54, 1.807) is 13.3 Å². The first kappa shape index (κ1) is 18.9. The Labute approximate surface area is 173 Å². The number of aryl methyl sites for hydroxylation is 1. The van der Waals surface area contributed by atoms with Crippen LogP contribution in [0.15, 0.2) is 36.7 Å². The minimum atomic E-state index is -0.716. The lowest BCUT2D eigenvalue weighted by Gasteiger charge is -2.34. The Kier molecular flexibility index (Phi) is 4.20. The number of imidazole rings is 1. The van der Waals surface area contributed by atoms with Crippen molar-refractivity contribution in [1.82, 2.24) is 14.5 Å². The molecule has 0 saturated heterocycles. The number of H-pyrrole nitrogens is 1. The molecule has 4 aromatic rings. The van der Waals surface area contributed by atoms with Gasteiger partial charge in [0, 0.05) is 16.8 Å². The number of nitrogens with zero attached hydrogens (tertiary/aromatic N) is 2. The molecular formula is C24H24FN3O2. The van der Waals surface area contributed by atoms with Crippen LogP contribution < -0.4 is 0 Å². The average Bonchev–Trinajstić information content (AvgIpc) is 3.23. The molecule has 2 N–H and O–H groups in total. The van der Waals surface area contributed by atoms with Crippen molar-refractivity contribution in [3.8, 4) is 5.69 Å². The van der Waals surface area contributed by atoms with E-state index < -0.39 is 5.97 Å². The summed E-state index contributed by atoms with van der Waals surface area (Å²) in [6.45, 7) is 6.08. The van der Waals surface area contributed by atoms with E-state index in [4.69, 9.17) is 0 Å². The maximum Gasteiger partial charge on any atom is 0.306 e. The normalized spacial score (nSPS) is 19.0. The van der Waals surface area contributed by atoms with Gasteiger partial charge in [-0.25, -0.2) is 9.37 Å². The summed E-state index contributed by atoms with van der Waals surface area (Å²) in [6.07, 6.45) is 2.98. The van der Waals surface area contributed by atoms with Crippen LogP contribution >= 0.6 is 0 Å². The number of benzene rings is 2. The van der Waals surface area contributed by atoms with Crippen molar-refractivity contribution in [1.29, 1.82) is 0 Å². The second-order valence-corrected chi connectivity index (χ2v) is 8.72. The summed E-state index contributed by atoms with van der Waals surface area (Å²) >= 11 is 0. The molecule has 154 valence electrons. The quantitative estimate of drug-likeness (QED) is 0.460. The van der Waals surface area contributed by atoms with Crippen LogP contribution in [0, 0.1) is 18.7 Å². The summed E-state index contributed by atoms with van der Waals surface area (Å²) in [6, 6.07) is 9.40. The van der Waals surface area contributed by atoms with Gasteiger partial charge in [0.2, 0.25) is 0 Å². The molecule has 0 amide bonds. The summed E-state index contributed by atoms with van der Waals surface area (Å²) in [4.78, 5) is 19.0. The molecule has 2 heterocycles. The molecule has 1 aliphatic carbocycles. The monoisotopic (exact) mass is 405 g/mol. The van der Waals surface area contributed by atoms with Crippen molar-refractivity contribution in [2.24, 2.45) is 5.92 Å². The van der Waals surface area contributed by atoms with Gasteiger partial charge in [0.25, 0.3) is 0 Å². The molecule has 0 bridgehead atoms. The Balaban J connectivity index is 1.82. The Morgan fingerprint density at radius 3 is 2.70 bits per heavy atom. The fourth-order valence-corrected chi connectivity index (χ4v) is 4.86. The number of aromatic nitrogens is 3. The van der Waals surface area contributed by atoms with Gasteiger partial charge in [-0.2, -0.15) is 0 Å². The van der Waals surface area contributed by atoms with E-state index in [-0.39, 0.29) is 23.6 Å². The number of aliphatic carboxylic acids is 1. The third-order valence-electron chi connectivity index (χ3n) is 6.43. The number of halogens is 1. The Morgan fingerprint density at radius 1 is 1.27 bits per heavy atom. The van der Waals surface area contributed by atoms with Gasteiger partial charge < -0.3 is 14.7 Å². The van der Waals surface area contributed by atoms with Gasteiger partial charge in [-0.15, -0.1) is 0 Å². The first-order valence-corrected chi connectivity index (χ1v) is 10.4. The molecule has 1 fully saturated rings. The predicted molar refractivity (Wildman–Crippen MR) is 115 cm³/mol. The summed E-state index contributed by atoms with van der Waals surface area (Å²) in [5, 5.41) is 10.5. The number of aromatic amines is 1. The topological polar surface area (TPSA) is 70.9 Å². The Bertz CT molecular complexity index is 1300. The molecule has 1 saturated carbocycles. The third kappa shape index (κ3) is 2.74. The molecule has 0 radical (unpaired) electrons. The summed E-state index contributed by atoms with van der Waals surface area (Å²) < 4.78 is 16.2. The predicted octanol–water partition coefficient (Wildman–Crippen LogP) is 5.66. The van der Waals surface area contributed by atoms with Gasteiger partial charge in [-0.05, 0) is 73.1 Å². The third-order valence-corrected chi connectivity index (χ3v) is 6.43. The highest BCUT2D eigenvalue weighted by Gasteiger charge is 2.39. The van der Waals surface area contributed by atoms with E-state index in [9.17, 15) is 14.3 Å². The zero-order valence-corrected chi connectivity index (χ0v) is 17.2. The number of hydrogen-bond acceptors (Lipinski definition) is 2. The van der Waals surface area contributed by atoms with E-state index in [1.807, 2.05) is 12.1 Å². The summed E-state index contributed by atoms with van der Waals surface area (Å²) in [5.74, 6) is -0.801. The van der Waals surface area contributed by atoms with Crippen LogP contribution in [0.25, 0.3) is 27.6 Å². The van der Waals surface area contributed by atoms with Crippen LogP contribution in [0.2, 0.25) is 0 Å². The second-order valence-electron chi connectivity index (χ2n) is 8.72. The van der Waals surface area contributed by atoms with Crippen LogP contribution in [-0.2, 0) is 4.79 Å². The van der Waals surface area contributed by atoms with Crippen LogP contribution in [0.1, 0.15) is 55.3 Å². The van der Waals surface area contributed by atoms with Crippen LogP contribution in [0.5, 0.6) is 0 Å². The van der Waals surface area contributed by atoms with Crippen molar-refractivity contribution >= 4 is 27.9 Å². The van der Waals surface area contributed by atoms with Crippen molar-refractivity contribution < 1.29 is 14.3 Å². The molecule has 1 aliphatic rings. The highest BCUT2D eigenvalue weighted by Crippen LogP contribution is 2.49. The SMILES string of the molecule is Cc1cc(-n2c(C(C)C)c([C@H]3C[C@H](C(=O)O)C3)c3cc4[nH]cnc4cc32)ccc1F. The molecule has 0 unspecified atom stereocenters. The van der Waals surface area contributed by atoms with Crippen molar-refractivity contribution in [3.05, 3.63) is 59.3 Å². The Hall–Kier alpha value is -3.15. The molecule has 30 heavy (non-hydrogen) atoms. The minimum Gasteiger partial charge on any atom is -0.481 e. The lowest BCUT2D eigenvalue weighted by atomic mass is 9.70. The van der Waals surface area contributed by atoms with Crippen molar-refractivity contribution in [3.63, 3.8) is 0 Å². The summed E-state index contributed by atoms with van der Waals surface area (Å²) in [7, 11) is 0. The van der Waals surface area contributed by atoms with Crippen LogP contribution in [0.4, 0.5) is 4.39 Å². The van der Waals surface area contributed by atoms with Crippen molar-refractivity contribution in [2.45, 2.75) is 45.4 Å². The number of carboxylic acids is 1. The molecule has 0 atom stereocenters. The van der Waals surface area contributed by atoms with Crippen molar-refractivity contribution in [2.75, 3.05) is 0 Å². The van der Waals surface area contributed by atoms with E-state index in [1.165, 1.54) is 11.6 Å². The van der Waals surface area contributed by atoms with E-state index in [2.05, 4.69) is 40.5 Å². The number of rotatable bonds is 4. The first-order chi connectivity index (χ1) is 14.3. The molecule has 5 nitrogen and oxygen atoms in total. The smallest absolute Gasteiger partial charge is 0.306 e. The van der Waals surface area contributed by atoms with Gasteiger partial charge in [-0.1, -0.05) is 13.8 Å². The summed E-state index contributed by atoms with van der Waals surface area (Å²) in [5.41, 5.74) is 6.75. The largest absolute Gasteiger partial charge is 0.481 e. The van der Waals surface area contributed by atoms with E-state index in [0.29, 0.717) is 18.4 Å². The molecule has 0 aliphatic heterocycles. The standard InChI is InChI=1S/C24H24FN3O2/c1-12(2)23-22(14-7-15(8-14)24(29)30)17-9-19-20(27-11-26-19)10-21(17)28(23)16-4-5-18(25)13(3)6-16/h4-6,9-12,14-15H,7-8H2,1-3H3,(H,26,27)(H,29,30)/t14-,15-. The number of hydrogen-bond donors (Lipinski definition) is 2. The molecule has 0 spiro atoms. The number of carbonyl (C=O) groups is 1. The number of fused-ring (bicyclic) bond motifs is 2. The molecule has 2 aromatic carbocycles. The maximum absolute atomic E-state index is 14.0. The fraction of sp³-hybridized carbons (Fsp3) is 0.333. The highest BCUT2D eigenvalue weighted by atomic mass is 19.1. The van der Waals surface area contributed by atoms with Gasteiger partial charge in [0.1, 0.15) is 5.82 Å².